The van der Waals surface area contributed by atoms with E-state index in [-0.39, 0.29) is 18.3 Å². The van der Waals surface area contributed by atoms with Crippen LogP contribution < -0.4 is 0 Å². The molecule has 23 heavy (non-hydrogen) atoms. The summed E-state index contributed by atoms with van der Waals surface area (Å²) in [5.41, 5.74) is 1.75. The molecule has 3 nitrogen and oxygen atoms in total. The van der Waals surface area contributed by atoms with E-state index in [4.69, 9.17) is 16.3 Å². The van der Waals surface area contributed by atoms with Crippen LogP contribution in [0.3, 0.4) is 0 Å². The fourth-order valence-electron chi connectivity index (χ4n) is 2.66. The first kappa shape index (κ1) is 17.1. The minimum atomic E-state index is -0.533. The van der Waals surface area contributed by atoms with Crippen molar-refractivity contribution in [1.29, 1.82) is 5.26 Å². The fourth-order valence-corrected chi connectivity index (χ4v) is 2.79. The van der Waals surface area contributed by atoms with Crippen LogP contribution in [0.1, 0.15) is 36.3 Å². The van der Waals surface area contributed by atoms with Crippen molar-refractivity contribution in [2.75, 3.05) is 6.61 Å². The van der Waals surface area contributed by atoms with E-state index in [1.807, 2.05) is 42.5 Å². The Morgan fingerprint density at radius 3 is 2.35 bits per heavy atom. The normalized spacial score (nSPS) is 12.9. The monoisotopic (exact) mass is 327 g/mol. The van der Waals surface area contributed by atoms with Crippen molar-refractivity contribution in [3.63, 3.8) is 0 Å². The average molecular weight is 328 g/mol. The number of rotatable bonds is 6. The van der Waals surface area contributed by atoms with E-state index < -0.39 is 5.92 Å². The molecule has 2 aromatic rings. The molecule has 0 spiro atoms. The van der Waals surface area contributed by atoms with E-state index >= 15 is 0 Å². The minimum absolute atomic E-state index is 0.232. The van der Waals surface area contributed by atoms with Gasteiger partial charge in [0.15, 0.2) is 0 Å². The lowest BCUT2D eigenvalue weighted by molar-refractivity contribution is -0.145. The summed E-state index contributed by atoms with van der Waals surface area (Å²) in [5, 5.41) is 9.83. The summed E-state index contributed by atoms with van der Waals surface area (Å²) in [6.07, 6.45) is 0.232. The lowest BCUT2D eigenvalue weighted by Crippen LogP contribution is -2.23. The molecule has 0 heterocycles. The van der Waals surface area contributed by atoms with Crippen LogP contribution in [0.15, 0.2) is 54.6 Å². The molecule has 0 aliphatic rings. The van der Waals surface area contributed by atoms with Crippen LogP contribution in [0.25, 0.3) is 0 Å². The summed E-state index contributed by atoms with van der Waals surface area (Å²) in [6, 6.07) is 18.9. The molecule has 2 rings (SSSR count). The number of halogens is 1. The quantitative estimate of drug-likeness (QED) is 0.723. The van der Waals surface area contributed by atoms with Gasteiger partial charge in [-0.2, -0.15) is 5.26 Å². The zero-order valence-corrected chi connectivity index (χ0v) is 13.7. The van der Waals surface area contributed by atoms with Gasteiger partial charge in [0.05, 0.1) is 18.6 Å². The molecule has 2 atom stereocenters. The van der Waals surface area contributed by atoms with E-state index in [1.54, 1.807) is 19.1 Å². The highest BCUT2D eigenvalue weighted by Crippen LogP contribution is 2.37. The van der Waals surface area contributed by atoms with Crippen LogP contribution in [0, 0.1) is 11.3 Å². The van der Waals surface area contributed by atoms with Crippen molar-refractivity contribution >= 4 is 17.6 Å². The third-order valence-electron chi connectivity index (χ3n) is 3.71. The molecule has 0 saturated carbocycles. The Labute approximate surface area is 141 Å². The molecule has 0 bridgehead atoms. The Morgan fingerprint density at radius 2 is 1.78 bits per heavy atom. The van der Waals surface area contributed by atoms with Gasteiger partial charge in [0.1, 0.15) is 0 Å². The SMILES string of the molecule is CCOC(=O)C(c1ccc(Cl)cc1)C(CC#N)c1ccccc1. The van der Waals surface area contributed by atoms with Gasteiger partial charge in [-0.3, -0.25) is 4.79 Å². The summed E-state index contributed by atoms with van der Waals surface area (Å²) in [5.74, 6) is -1.12. The van der Waals surface area contributed by atoms with Crippen molar-refractivity contribution < 1.29 is 9.53 Å². The third-order valence-corrected chi connectivity index (χ3v) is 3.96. The van der Waals surface area contributed by atoms with Crippen molar-refractivity contribution in [1.82, 2.24) is 0 Å². The third kappa shape index (κ3) is 4.34. The fraction of sp³-hybridized carbons (Fsp3) is 0.263. The largest absolute Gasteiger partial charge is 0.466 e. The Bertz CT molecular complexity index is 677. The topological polar surface area (TPSA) is 50.1 Å². The summed E-state index contributed by atoms with van der Waals surface area (Å²) >= 11 is 5.95. The predicted molar refractivity (Wildman–Crippen MR) is 90.2 cm³/mol. The molecule has 0 fully saturated rings. The van der Waals surface area contributed by atoms with Gasteiger partial charge < -0.3 is 4.74 Å². The Morgan fingerprint density at radius 1 is 1.13 bits per heavy atom. The van der Waals surface area contributed by atoms with Gasteiger partial charge in [0, 0.05) is 17.4 Å². The molecule has 0 amide bonds. The highest BCUT2D eigenvalue weighted by Gasteiger charge is 2.32. The van der Waals surface area contributed by atoms with Crippen LogP contribution >= 0.6 is 11.6 Å². The molecule has 2 unspecified atom stereocenters. The molecule has 2 aromatic carbocycles. The van der Waals surface area contributed by atoms with Crippen molar-refractivity contribution in [3.8, 4) is 6.07 Å². The maximum Gasteiger partial charge on any atom is 0.314 e. The maximum absolute atomic E-state index is 12.6. The van der Waals surface area contributed by atoms with Gasteiger partial charge in [0.2, 0.25) is 0 Å². The lowest BCUT2D eigenvalue weighted by atomic mass is 9.79. The summed E-state index contributed by atoms with van der Waals surface area (Å²) in [7, 11) is 0. The van der Waals surface area contributed by atoms with Crippen LogP contribution in [-0.2, 0) is 9.53 Å². The number of carbonyl (C=O) groups is 1. The Balaban J connectivity index is 2.47. The average Bonchev–Trinajstić information content (AvgIpc) is 2.57. The minimum Gasteiger partial charge on any atom is -0.466 e. The second kappa shape index (κ2) is 8.36. The maximum atomic E-state index is 12.6. The standard InChI is InChI=1S/C19H18ClNO2/c1-2-23-19(22)18(15-8-10-16(20)11-9-15)17(12-13-21)14-6-4-3-5-7-14/h3-11,17-18H,2,12H2,1H3. The highest BCUT2D eigenvalue weighted by atomic mass is 35.5. The molecular formula is C19H18ClNO2. The van der Waals surface area contributed by atoms with Gasteiger partial charge in [-0.15, -0.1) is 0 Å². The number of carbonyl (C=O) groups excluding carboxylic acids is 1. The number of nitriles is 1. The highest BCUT2D eigenvalue weighted by molar-refractivity contribution is 6.30. The molecule has 0 aliphatic carbocycles. The first-order valence-electron chi connectivity index (χ1n) is 7.51. The number of hydrogen-bond donors (Lipinski definition) is 0. The van der Waals surface area contributed by atoms with E-state index in [1.165, 1.54) is 0 Å². The number of ether oxygens (including phenoxy) is 1. The van der Waals surface area contributed by atoms with Crippen LogP contribution in [0.4, 0.5) is 0 Å². The summed E-state index contributed by atoms with van der Waals surface area (Å²) in [6.45, 7) is 2.08. The number of hydrogen-bond acceptors (Lipinski definition) is 3. The smallest absolute Gasteiger partial charge is 0.314 e. The Hall–Kier alpha value is -2.31. The predicted octanol–water partition coefficient (Wildman–Crippen LogP) is 4.68. The van der Waals surface area contributed by atoms with Gasteiger partial charge in [-0.1, -0.05) is 54.1 Å². The van der Waals surface area contributed by atoms with E-state index in [0.717, 1.165) is 11.1 Å². The number of benzene rings is 2. The van der Waals surface area contributed by atoms with Crippen molar-refractivity contribution in [2.45, 2.75) is 25.2 Å². The van der Waals surface area contributed by atoms with E-state index in [2.05, 4.69) is 6.07 Å². The lowest BCUT2D eigenvalue weighted by Gasteiger charge is -2.24. The molecule has 0 saturated heterocycles. The molecule has 0 radical (unpaired) electrons. The molecule has 118 valence electrons. The summed E-state index contributed by atoms with van der Waals surface area (Å²) in [4.78, 5) is 12.6. The molecule has 4 heteroatoms. The second-order valence-electron chi connectivity index (χ2n) is 5.16. The molecule has 0 N–H and O–H groups in total. The van der Waals surface area contributed by atoms with Crippen LogP contribution in [-0.4, -0.2) is 12.6 Å². The molecule has 0 aromatic heterocycles. The first-order valence-corrected chi connectivity index (χ1v) is 7.89. The zero-order valence-electron chi connectivity index (χ0n) is 12.9. The molecular weight excluding hydrogens is 310 g/mol. The van der Waals surface area contributed by atoms with Crippen LogP contribution in [0.2, 0.25) is 5.02 Å². The second-order valence-corrected chi connectivity index (χ2v) is 5.60. The van der Waals surface area contributed by atoms with Crippen molar-refractivity contribution in [3.05, 3.63) is 70.7 Å². The Kier molecular flexibility index (Phi) is 6.19. The van der Waals surface area contributed by atoms with Gasteiger partial charge >= 0.3 is 5.97 Å². The molecule has 0 aliphatic heterocycles. The van der Waals surface area contributed by atoms with Gasteiger partial charge in [-0.25, -0.2) is 0 Å². The zero-order chi connectivity index (χ0) is 16.7. The first-order chi connectivity index (χ1) is 11.2. The van der Waals surface area contributed by atoms with E-state index in [0.29, 0.717) is 11.6 Å². The number of esters is 1. The van der Waals surface area contributed by atoms with Gasteiger partial charge in [0.25, 0.3) is 0 Å². The number of nitrogens with zero attached hydrogens (tertiary/aromatic N) is 1. The van der Waals surface area contributed by atoms with Crippen molar-refractivity contribution in [2.24, 2.45) is 0 Å². The van der Waals surface area contributed by atoms with Gasteiger partial charge in [-0.05, 0) is 30.2 Å². The van der Waals surface area contributed by atoms with E-state index in [9.17, 15) is 10.1 Å². The van der Waals surface area contributed by atoms with Crippen LogP contribution in [0.5, 0.6) is 0 Å². The summed E-state index contributed by atoms with van der Waals surface area (Å²) < 4.78 is 5.26.